The van der Waals surface area contributed by atoms with Crippen molar-refractivity contribution >= 4 is 39.3 Å². The summed E-state index contributed by atoms with van der Waals surface area (Å²) in [5.74, 6) is 0. The Kier molecular flexibility index (Phi) is 6.14. The number of halogens is 2. The SMILES string of the molecule is CC(C)(C)OC(=O)N1CCCCC1CNc1cnc(Cl)c(Br)c1. The largest absolute Gasteiger partial charge is 0.444 e. The molecule has 0 aromatic carbocycles. The first-order chi connectivity index (χ1) is 10.8. The molecule has 1 N–H and O–H groups in total. The lowest BCUT2D eigenvalue weighted by molar-refractivity contribution is 0.0114. The van der Waals surface area contributed by atoms with Crippen molar-refractivity contribution in [3.05, 3.63) is 21.9 Å². The molecule has 0 aliphatic carbocycles. The van der Waals surface area contributed by atoms with E-state index in [0.29, 0.717) is 11.7 Å². The van der Waals surface area contributed by atoms with Crippen molar-refractivity contribution in [2.45, 2.75) is 51.7 Å². The van der Waals surface area contributed by atoms with Gasteiger partial charge in [0.2, 0.25) is 0 Å². The number of aromatic nitrogens is 1. The molecule has 1 unspecified atom stereocenters. The van der Waals surface area contributed by atoms with Crippen LogP contribution in [0.5, 0.6) is 0 Å². The minimum Gasteiger partial charge on any atom is -0.444 e. The number of hydrogen-bond acceptors (Lipinski definition) is 4. The van der Waals surface area contributed by atoms with E-state index in [9.17, 15) is 4.79 Å². The van der Waals surface area contributed by atoms with Crippen LogP contribution in [0.15, 0.2) is 16.7 Å². The van der Waals surface area contributed by atoms with E-state index in [1.165, 1.54) is 0 Å². The van der Waals surface area contributed by atoms with Crippen LogP contribution in [0.1, 0.15) is 40.0 Å². The third-order valence-electron chi connectivity index (χ3n) is 3.59. The zero-order valence-corrected chi connectivity index (χ0v) is 16.1. The summed E-state index contributed by atoms with van der Waals surface area (Å²) < 4.78 is 6.26. The lowest BCUT2D eigenvalue weighted by Crippen LogP contribution is -2.48. The number of ether oxygens (including phenoxy) is 1. The van der Waals surface area contributed by atoms with Crippen LogP contribution >= 0.6 is 27.5 Å². The fraction of sp³-hybridized carbons (Fsp3) is 0.625. The topological polar surface area (TPSA) is 54.5 Å². The Morgan fingerprint density at radius 2 is 2.26 bits per heavy atom. The van der Waals surface area contributed by atoms with E-state index in [1.54, 1.807) is 6.20 Å². The summed E-state index contributed by atoms with van der Waals surface area (Å²) in [6.45, 7) is 7.07. The summed E-state index contributed by atoms with van der Waals surface area (Å²) in [6.07, 6.45) is 4.56. The number of anilines is 1. The molecule has 2 rings (SSSR count). The van der Waals surface area contributed by atoms with E-state index < -0.39 is 5.60 Å². The molecule has 1 amide bonds. The number of nitrogens with one attached hydrogen (secondary N) is 1. The van der Waals surface area contributed by atoms with Gasteiger partial charge in [-0.3, -0.25) is 0 Å². The summed E-state index contributed by atoms with van der Waals surface area (Å²) in [5.41, 5.74) is 0.397. The monoisotopic (exact) mass is 403 g/mol. The summed E-state index contributed by atoms with van der Waals surface area (Å²) in [6, 6.07) is 2.00. The predicted molar refractivity (Wildman–Crippen MR) is 96.0 cm³/mol. The Labute approximate surface area is 150 Å². The number of carbonyl (C=O) groups is 1. The smallest absolute Gasteiger partial charge is 0.410 e. The third-order valence-corrected chi connectivity index (χ3v) is 4.73. The van der Waals surface area contributed by atoms with Gasteiger partial charge >= 0.3 is 6.09 Å². The Balaban J connectivity index is 1.98. The van der Waals surface area contributed by atoms with Gasteiger partial charge in [0.1, 0.15) is 10.8 Å². The minimum atomic E-state index is -0.475. The molecule has 1 aliphatic rings. The number of nitrogens with zero attached hydrogens (tertiary/aromatic N) is 2. The van der Waals surface area contributed by atoms with Crippen molar-refractivity contribution in [3.63, 3.8) is 0 Å². The van der Waals surface area contributed by atoms with Gasteiger partial charge in [0.15, 0.2) is 0 Å². The number of hydrogen-bond donors (Lipinski definition) is 1. The molecule has 1 atom stereocenters. The van der Waals surface area contributed by atoms with Gasteiger partial charge in [0.25, 0.3) is 0 Å². The van der Waals surface area contributed by atoms with Crippen LogP contribution < -0.4 is 5.32 Å². The summed E-state index contributed by atoms with van der Waals surface area (Å²) in [5, 5.41) is 3.76. The van der Waals surface area contributed by atoms with Crippen molar-refractivity contribution in [2.24, 2.45) is 0 Å². The van der Waals surface area contributed by atoms with Crippen LogP contribution in [0, 0.1) is 0 Å². The molecule has 0 saturated carbocycles. The number of amides is 1. The number of pyridine rings is 1. The molecule has 1 aromatic heterocycles. The van der Waals surface area contributed by atoms with Gasteiger partial charge in [-0.2, -0.15) is 0 Å². The Hall–Kier alpha value is -1.01. The lowest BCUT2D eigenvalue weighted by atomic mass is 10.0. The summed E-state index contributed by atoms with van der Waals surface area (Å²) in [4.78, 5) is 18.3. The normalized spacial score (nSPS) is 18.7. The van der Waals surface area contributed by atoms with Gasteiger partial charge in [-0.1, -0.05) is 11.6 Å². The summed E-state index contributed by atoms with van der Waals surface area (Å²) in [7, 11) is 0. The van der Waals surface area contributed by atoms with Crippen LogP contribution in [-0.2, 0) is 4.74 Å². The maximum atomic E-state index is 12.4. The maximum Gasteiger partial charge on any atom is 0.410 e. The van der Waals surface area contributed by atoms with Crippen molar-refractivity contribution in [1.82, 2.24) is 9.88 Å². The van der Waals surface area contributed by atoms with Crippen LogP contribution in [0.25, 0.3) is 0 Å². The number of carbonyl (C=O) groups excluding carboxylic acids is 1. The molecule has 1 aliphatic heterocycles. The minimum absolute atomic E-state index is 0.119. The molecule has 0 spiro atoms. The fourth-order valence-electron chi connectivity index (χ4n) is 2.53. The molecule has 0 bridgehead atoms. The first-order valence-corrected chi connectivity index (χ1v) is 8.98. The van der Waals surface area contributed by atoms with E-state index in [-0.39, 0.29) is 12.1 Å². The average Bonchev–Trinajstić information content (AvgIpc) is 2.47. The molecule has 2 heterocycles. The third kappa shape index (κ3) is 5.53. The average molecular weight is 405 g/mol. The maximum absolute atomic E-state index is 12.4. The Bertz CT molecular complexity index is 563. The second kappa shape index (κ2) is 7.71. The van der Waals surface area contributed by atoms with Crippen molar-refractivity contribution in [1.29, 1.82) is 0 Å². The first kappa shape index (κ1) is 18.3. The molecule has 23 heavy (non-hydrogen) atoms. The van der Waals surface area contributed by atoms with Gasteiger partial charge in [0.05, 0.1) is 22.4 Å². The summed E-state index contributed by atoms with van der Waals surface area (Å²) >= 11 is 9.26. The standard InChI is InChI=1S/C16H23BrClN3O2/c1-16(2,3)23-15(22)21-7-5-4-6-12(21)10-19-11-8-13(17)14(18)20-9-11/h8-9,12,19H,4-7,10H2,1-3H3. The lowest BCUT2D eigenvalue weighted by Gasteiger charge is -2.37. The van der Waals surface area contributed by atoms with E-state index in [1.807, 2.05) is 31.7 Å². The number of likely N-dealkylation sites (tertiary alicyclic amines) is 1. The predicted octanol–water partition coefficient (Wildman–Crippen LogP) is 4.70. The highest BCUT2D eigenvalue weighted by molar-refractivity contribution is 9.10. The second-order valence-corrected chi connectivity index (χ2v) is 7.91. The molecule has 128 valence electrons. The van der Waals surface area contributed by atoms with Crippen LogP contribution in [0.4, 0.5) is 10.5 Å². The zero-order chi connectivity index (χ0) is 17.0. The zero-order valence-electron chi connectivity index (χ0n) is 13.7. The van der Waals surface area contributed by atoms with E-state index in [4.69, 9.17) is 16.3 Å². The number of piperidine rings is 1. The fourth-order valence-corrected chi connectivity index (χ4v) is 2.98. The van der Waals surface area contributed by atoms with Crippen molar-refractivity contribution < 1.29 is 9.53 Å². The van der Waals surface area contributed by atoms with Crippen molar-refractivity contribution in [3.8, 4) is 0 Å². The van der Waals surface area contributed by atoms with E-state index in [0.717, 1.165) is 36.0 Å². The van der Waals surface area contributed by atoms with Crippen LogP contribution in [-0.4, -0.2) is 40.7 Å². The quantitative estimate of drug-likeness (QED) is 0.742. The second-order valence-electron chi connectivity index (χ2n) is 6.70. The molecular weight excluding hydrogens is 382 g/mol. The molecular formula is C16H23BrClN3O2. The highest BCUT2D eigenvalue weighted by Crippen LogP contribution is 2.24. The van der Waals surface area contributed by atoms with E-state index >= 15 is 0 Å². The molecule has 5 nitrogen and oxygen atoms in total. The van der Waals surface area contributed by atoms with Crippen molar-refractivity contribution in [2.75, 3.05) is 18.4 Å². The number of rotatable bonds is 3. The Morgan fingerprint density at radius 3 is 2.91 bits per heavy atom. The van der Waals surface area contributed by atoms with E-state index in [2.05, 4.69) is 26.2 Å². The molecule has 1 aromatic rings. The highest BCUT2D eigenvalue weighted by atomic mass is 79.9. The first-order valence-electron chi connectivity index (χ1n) is 7.81. The van der Waals surface area contributed by atoms with Gasteiger partial charge in [0, 0.05) is 13.1 Å². The van der Waals surface area contributed by atoms with Gasteiger partial charge in [-0.05, 0) is 62.0 Å². The molecule has 1 saturated heterocycles. The van der Waals surface area contributed by atoms with Gasteiger partial charge < -0.3 is 15.0 Å². The van der Waals surface area contributed by atoms with Gasteiger partial charge in [-0.25, -0.2) is 9.78 Å². The van der Waals surface area contributed by atoms with Crippen LogP contribution in [0.3, 0.4) is 0 Å². The van der Waals surface area contributed by atoms with Gasteiger partial charge in [-0.15, -0.1) is 0 Å². The Morgan fingerprint density at radius 1 is 1.52 bits per heavy atom. The molecule has 0 radical (unpaired) electrons. The molecule has 1 fully saturated rings. The highest BCUT2D eigenvalue weighted by Gasteiger charge is 2.30. The van der Waals surface area contributed by atoms with Crippen LogP contribution in [0.2, 0.25) is 5.15 Å². The molecule has 7 heteroatoms.